The van der Waals surface area contributed by atoms with Gasteiger partial charge in [0, 0.05) is 25.8 Å². The maximum absolute atomic E-state index is 12.4. The first-order valence-electron chi connectivity index (χ1n) is 6.67. The summed E-state index contributed by atoms with van der Waals surface area (Å²) in [5.74, 6) is 0.0800. The van der Waals surface area contributed by atoms with E-state index in [0.29, 0.717) is 11.7 Å². The molecule has 0 radical (unpaired) electrons. The quantitative estimate of drug-likeness (QED) is 0.868. The average molecular weight is 250 g/mol. The molecule has 0 bridgehead atoms. The van der Waals surface area contributed by atoms with Crippen LogP contribution in [0.5, 0.6) is 0 Å². The topological polar surface area (TPSA) is 50.2 Å². The van der Waals surface area contributed by atoms with Crippen LogP contribution in [-0.2, 0) is 7.05 Å². The van der Waals surface area contributed by atoms with Gasteiger partial charge in [0.2, 0.25) is 0 Å². The summed E-state index contributed by atoms with van der Waals surface area (Å²) in [7, 11) is 3.79. The van der Waals surface area contributed by atoms with Crippen LogP contribution in [0.15, 0.2) is 12.3 Å². The van der Waals surface area contributed by atoms with Crippen molar-refractivity contribution in [1.29, 1.82) is 0 Å². The van der Waals surface area contributed by atoms with Crippen LogP contribution in [0.4, 0.5) is 0 Å². The number of nitrogens with one attached hydrogen (secondary N) is 1. The predicted octanol–water partition coefficient (Wildman–Crippen LogP) is 1.02. The van der Waals surface area contributed by atoms with E-state index < -0.39 is 0 Å². The fourth-order valence-electron chi connectivity index (χ4n) is 2.56. The Morgan fingerprint density at radius 3 is 3.06 bits per heavy atom. The van der Waals surface area contributed by atoms with Crippen LogP contribution in [-0.4, -0.2) is 46.8 Å². The molecule has 1 aliphatic rings. The lowest BCUT2D eigenvalue weighted by Crippen LogP contribution is -2.45. The Morgan fingerprint density at radius 1 is 1.56 bits per heavy atom. The molecule has 2 heterocycles. The monoisotopic (exact) mass is 250 g/mol. The van der Waals surface area contributed by atoms with Gasteiger partial charge in [-0.2, -0.15) is 5.10 Å². The summed E-state index contributed by atoms with van der Waals surface area (Å²) >= 11 is 0. The Balaban J connectivity index is 2.06. The molecule has 0 spiro atoms. The predicted molar refractivity (Wildman–Crippen MR) is 70.4 cm³/mol. The zero-order valence-corrected chi connectivity index (χ0v) is 11.2. The largest absolute Gasteiger partial charge is 0.334 e. The second kappa shape index (κ2) is 6.00. The summed E-state index contributed by atoms with van der Waals surface area (Å²) in [4.78, 5) is 14.4. The molecular weight excluding hydrogens is 228 g/mol. The third-order valence-electron chi connectivity index (χ3n) is 3.55. The van der Waals surface area contributed by atoms with Crippen molar-refractivity contribution in [2.45, 2.75) is 31.7 Å². The van der Waals surface area contributed by atoms with E-state index in [2.05, 4.69) is 10.4 Å². The number of rotatable bonds is 4. The van der Waals surface area contributed by atoms with Gasteiger partial charge >= 0.3 is 0 Å². The third kappa shape index (κ3) is 2.90. The molecule has 0 aliphatic carbocycles. The van der Waals surface area contributed by atoms with Crippen LogP contribution in [0.3, 0.4) is 0 Å². The second-order valence-corrected chi connectivity index (χ2v) is 4.92. The Morgan fingerprint density at radius 2 is 2.39 bits per heavy atom. The number of aryl methyl sites for hydroxylation is 1. The molecule has 18 heavy (non-hydrogen) atoms. The third-order valence-corrected chi connectivity index (χ3v) is 3.55. The summed E-state index contributed by atoms with van der Waals surface area (Å²) in [6.45, 7) is 1.82. The summed E-state index contributed by atoms with van der Waals surface area (Å²) in [6.07, 6.45) is 6.28. The highest BCUT2D eigenvalue weighted by Crippen LogP contribution is 2.21. The molecule has 1 aromatic rings. The first-order valence-corrected chi connectivity index (χ1v) is 6.67. The molecule has 1 amide bonds. The van der Waals surface area contributed by atoms with Crippen molar-refractivity contribution >= 4 is 5.91 Å². The van der Waals surface area contributed by atoms with Crippen molar-refractivity contribution in [2.75, 3.05) is 20.1 Å². The number of carbonyl (C=O) groups is 1. The zero-order chi connectivity index (χ0) is 13.0. The summed E-state index contributed by atoms with van der Waals surface area (Å²) in [6, 6.07) is 2.16. The van der Waals surface area contributed by atoms with Crippen molar-refractivity contribution in [2.24, 2.45) is 7.05 Å². The molecule has 1 aliphatic heterocycles. The molecule has 5 nitrogen and oxygen atoms in total. The zero-order valence-electron chi connectivity index (χ0n) is 11.2. The number of aromatic nitrogens is 2. The van der Waals surface area contributed by atoms with Gasteiger partial charge in [-0.1, -0.05) is 0 Å². The van der Waals surface area contributed by atoms with Crippen molar-refractivity contribution in [1.82, 2.24) is 20.0 Å². The number of likely N-dealkylation sites (tertiary alicyclic amines) is 1. The first kappa shape index (κ1) is 13.1. The van der Waals surface area contributed by atoms with E-state index in [1.54, 1.807) is 10.7 Å². The van der Waals surface area contributed by atoms with Crippen LogP contribution in [0.1, 0.15) is 36.2 Å². The van der Waals surface area contributed by atoms with Gasteiger partial charge in [-0.3, -0.25) is 9.48 Å². The van der Waals surface area contributed by atoms with E-state index >= 15 is 0 Å². The Hall–Kier alpha value is -1.36. The molecule has 5 heteroatoms. The standard InChI is InChI=1S/C13H22N4O/c1-14-8-6-11-5-3-4-9-17(11)13(18)12-7-10-16(2)15-12/h7,10-11,14H,3-6,8-9H2,1-2H3. The lowest BCUT2D eigenvalue weighted by atomic mass is 9.99. The van der Waals surface area contributed by atoms with Crippen molar-refractivity contribution < 1.29 is 4.79 Å². The molecule has 1 fully saturated rings. The Kier molecular flexibility index (Phi) is 4.36. The normalized spacial score (nSPS) is 20.1. The fourth-order valence-corrected chi connectivity index (χ4v) is 2.56. The van der Waals surface area contributed by atoms with Crippen molar-refractivity contribution in [3.8, 4) is 0 Å². The van der Waals surface area contributed by atoms with Gasteiger partial charge in [0.05, 0.1) is 0 Å². The first-order chi connectivity index (χ1) is 8.72. The minimum absolute atomic E-state index is 0.0800. The highest BCUT2D eigenvalue weighted by atomic mass is 16.2. The number of carbonyl (C=O) groups excluding carboxylic acids is 1. The molecule has 0 saturated carbocycles. The average Bonchev–Trinajstić information content (AvgIpc) is 2.82. The molecule has 1 N–H and O–H groups in total. The molecule has 1 saturated heterocycles. The van der Waals surface area contributed by atoms with Gasteiger partial charge in [0.1, 0.15) is 5.69 Å². The minimum Gasteiger partial charge on any atom is -0.334 e. The van der Waals surface area contributed by atoms with E-state index in [9.17, 15) is 4.79 Å². The van der Waals surface area contributed by atoms with Crippen LogP contribution in [0.25, 0.3) is 0 Å². The van der Waals surface area contributed by atoms with Gasteiger partial charge in [0.25, 0.3) is 5.91 Å². The van der Waals surface area contributed by atoms with E-state index in [0.717, 1.165) is 32.4 Å². The lowest BCUT2D eigenvalue weighted by molar-refractivity contribution is 0.0595. The smallest absolute Gasteiger partial charge is 0.274 e. The van der Waals surface area contributed by atoms with Crippen LogP contribution in [0.2, 0.25) is 0 Å². The molecule has 1 aromatic heterocycles. The Bertz CT molecular complexity index is 401. The van der Waals surface area contributed by atoms with Crippen molar-refractivity contribution in [3.05, 3.63) is 18.0 Å². The lowest BCUT2D eigenvalue weighted by Gasteiger charge is -2.35. The van der Waals surface area contributed by atoms with Gasteiger partial charge in [-0.05, 0) is 45.3 Å². The number of hydrogen-bond acceptors (Lipinski definition) is 3. The maximum atomic E-state index is 12.4. The molecule has 2 rings (SSSR count). The number of nitrogens with zero attached hydrogens (tertiary/aromatic N) is 3. The van der Waals surface area contributed by atoms with Crippen LogP contribution >= 0.6 is 0 Å². The van der Waals surface area contributed by atoms with Crippen molar-refractivity contribution in [3.63, 3.8) is 0 Å². The van der Waals surface area contributed by atoms with E-state index in [1.165, 1.54) is 6.42 Å². The molecular formula is C13H22N4O. The SMILES string of the molecule is CNCCC1CCCCN1C(=O)c1ccn(C)n1. The highest BCUT2D eigenvalue weighted by molar-refractivity contribution is 5.92. The summed E-state index contributed by atoms with van der Waals surface area (Å²) in [5, 5.41) is 7.37. The van der Waals surface area contributed by atoms with Crippen LogP contribution in [0, 0.1) is 0 Å². The Labute approximate surface area is 108 Å². The second-order valence-electron chi connectivity index (χ2n) is 4.92. The maximum Gasteiger partial charge on any atom is 0.274 e. The summed E-state index contributed by atoms with van der Waals surface area (Å²) < 4.78 is 1.68. The number of amides is 1. The van der Waals surface area contributed by atoms with Gasteiger partial charge < -0.3 is 10.2 Å². The minimum atomic E-state index is 0.0800. The highest BCUT2D eigenvalue weighted by Gasteiger charge is 2.28. The van der Waals surface area contributed by atoms with Gasteiger partial charge in [-0.15, -0.1) is 0 Å². The van der Waals surface area contributed by atoms with Gasteiger partial charge in [0.15, 0.2) is 0 Å². The van der Waals surface area contributed by atoms with E-state index in [1.807, 2.05) is 25.2 Å². The fraction of sp³-hybridized carbons (Fsp3) is 0.692. The number of piperidine rings is 1. The van der Waals surface area contributed by atoms with Gasteiger partial charge in [-0.25, -0.2) is 0 Å². The molecule has 1 atom stereocenters. The van der Waals surface area contributed by atoms with Crippen LogP contribution < -0.4 is 5.32 Å². The molecule has 1 unspecified atom stereocenters. The summed E-state index contributed by atoms with van der Waals surface area (Å²) in [5.41, 5.74) is 0.564. The van der Waals surface area contributed by atoms with E-state index in [4.69, 9.17) is 0 Å². The number of hydrogen-bond donors (Lipinski definition) is 1. The molecule has 100 valence electrons. The van der Waals surface area contributed by atoms with E-state index in [-0.39, 0.29) is 5.91 Å². The molecule has 0 aromatic carbocycles.